The second-order valence-corrected chi connectivity index (χ2v) is 2.30. The number of nitrogens with one attached hydrogen (secondary N) is 1. The Bertz CT molecular complexity index is 80.9. The van der Waals surface area contributed by atoms with Crippen LogP contribution in [0.15, 0.2) is 11.2 Å². The molecule has 6 heavy (non-hydrogen) atoms. The number of rotatable bonds is 0. The standard InChI is InChI=1S/C3H4ClNS/c4-3-1-5-6-2-3/h1,5H,2H2. The van der Waals surface area contributed by atoms with Crippen LogP contribution < -0.4 is 4.72 Å². The third-order valence-corrected chi connectivity index (χ3v) is 1.65. The highest BCUT2D eigenvalue weighted by Crippen LogP contribution is 2.13. The molecule has 34 valence electrons. The molecule has 1 nitrogen and oxygen atoms in total. The molecule has 0 radical (unpaired) electrons. The van der Waals surface area contributed by atoms with Crippen molar-refractivity contribution in [3.63, 3.8) is 0 Å². The van der Waals surface area contributed by atoms with E-state index in [4.69, 9.17) is 11.6 Å². The van der Waals surface area contributed by atoms with Crippen LogP contribution in [0.5, 0.6) is 0 Å². The lowest BCUT2D eigenvalue weighted by atomic mass is 10.7. The first-order chi connectivity index (χ1) is 2.89. The van der Waals surface area contributed by atoms with Gasteiger partial charge in [-0.15, -0.1) is 0 Å². The van der Waals surface area contributed by atoms with Crippen LogP contribution in [0.25, 0.3) is 0 Å². The molecule has 0 unspecified atom stereocenters. The highest BCUT2D eigenvalue weighted by atomic mass is 35.5. The van der Waals surface area contributed by atoms with Crippen LogP contribution in [0.2, 0.25) is 0 Å². The maximum Gasteiger partial charge on any atom is 0.0506 e. The van der Waals surface area contributed by atoms with Gasteiger partial charge in [0.25, 0.3) is 0 Å². The lowest BCUT2D eigenvalue weighted by molar-refractivity contribution is 1.45. The van der Waals surface area contributed by atoms with Crippen LogP contribution in [0.3, 0.4) is 0 Å². The van der Waals surface area contributed by atoms with Gasteiger partial charge in [-0.05, 0) is 11.9 Å². The van der Waals surface area contributed by atoms with E-state index in [-0.39, 0.29) is 0 Å². The van der Waals surface area contributed by atoms with Crippen molar-refractivity contribution in [3.05, 3.63) is 11.2 Å². The molecule has 0 amide bonds. The first-order valence-electron chi connectivity index (χ1n) is 1.61. The molecule has 0 aromatic heterocycles. The smallest absolute Gasteiger partial charge is 0.0506 e. The maximum absolute atomic E-state index is 5.49. The molecule has 0 saturated heterocycles. The van der Waals surface area contributed by atoms with E-state index in [1.165, 1.54) is 0 Å². The molecule has 0 aliphatic carbocycles. The number of hydrogen-bond acceptors (Lipinski definition) is 2. The molecule has 0 bridgehead atoms. The van der Waals surface area contributed by atoms with Gasteiger partial charge in [0, 0.05) is 11.2 Å². The lowest BCUT2D eigenvalue weighted by Crippen LogP contribution is -1.78. The van der Waals surface area contributed by atoms with E-state index in [1.54, 1.807) is 18.1 Å². The Morgan fingerprint density at radius 2 is 2.83 bits per heavy atom. The fraction of sp³-hybridized carbons (Fsp3) is 0.333. The zero-order chi connectivity index (χ0) is 4.41. The monoisotopic (exact) mass is 121 g/mol. The highest BCUT2D eigenvalue weighted by molar-refractivity contribution is 7.98. The van der Waals surface area contributed by atoms with Crippen LogP contribution >= 0.6 is 23.5 Å². The van der Waals surface area contributed by atoms with Crippen molar-refractivity contribution in [3.8, 4) is 0 Å². The zero-order valence-corrected chi connectivity index (χ0v) is 4.64. The van der Waals surface area contributed by atoms with Gasteiger partial charge in [0.15, 0.2) is 0 Å². The summed E-state index contributed by atoms with van der Waals surface area (Å²) in [4.78, 5) is 0. The minimum absolute atomic E-state index is 0.903. The fourth-order valence-electron chi connectivity index (χ4n) is 0.258. The molecule has 1 rings (SSSR count). The minimum Gasteiger partial charge on any atom is -0.335 e. The Kier molecular flexibility index (Phi) is 1.27. The van der Waals surface area contributed by atoms with E-state index < -0.39 is 0 Å². The van der Waals surface area contributed by atoms with E-state index in [9.17, 15) is 0 Å². The summed E-state index contributed by atoms with van der Waals surface area (Å²) in [5, 5.41) is 0.903. The van der Waals surface area contributed by atoms with Crippen LogP contribution in [0, 0.1) is 0 Å². The summed E-state index contributed by atoms with van der Waals surface area (Å²) in [7, 11) is 0. The summed E-state index contributed by atoms with van der Waals surface area (Å²) in [5.74, 6) is 0.918. The predicted octanol–water partition coefficient (Wildman–Crippen LogP) is 1.32. The van der Waals surface area contributed by atoms with Gasteiger partial charge in [-0.1, -0.05) is 11.6 Å². The number of halogens is 1. The van der Waals surface area contributed by atoms with Crippen molar-refractivity contribution >= 4 is 23.5 Å². The molecular weight excluding hydrogens is 118 g/mol. The molecule has 0 saturated carbocycles. The predicted molar refractivity (Wildman–Crippen MR) is 29.5 cm³/mol. The van der Waals surface area contributed by atoms with Crippen molar-refractivity contribution in [2.24, 2.45) is 0 Å². The van der Waals surface area contributed by atoms with Crippen LogP contribution in [-0.2, 0) is 0 Å². The molecule has 1 N–H and O–H groups in total. The molecule has 1 aliphatic rings. The van der Waals surface area contributed by atoms with E-state index in [1.807, 2.05) is 0 Å². The lowest BCUT2D eigenvalue weighted by Gasteiger charge is -1.77. The molecule has 1 heterocycles. The highest BCUT2D eigenvalue weighted by Gasteiger charge is 1.96. The third-order valence-electron chi connectivity index (χ3n) is 0.509. The Balaban J connectivity index is 2.45. The normalized spacial score (nSPS) is 19.8. The Morgan fingerprint density at radius 1 is 2.00 bits per heavy atom. The molecule has 0 fully saturated rings. The van der Waals surface area contributed by atoms with E-state index >= 15 is 0 Å². The Morgan fingerprint density at radius 3 is 3.00 bits per heavy atom. The summed E-state index contributed by atoms with van der Waals surface area (Å²) in [6, 6.07) is 0. The fourth-order valence-corrected chi connectivity index (χ4v) is 1.07. The van der Waals surface area contributed by atoms with Crippen molar-refractivity contribution in [1.29, 1.82) is 0 Å². The minimum atomic E-state index is 0.903. The molecule has 0 aromatic carbocycles. The van der Waals surface area contributed by atoms with Crippen molar-refractivity contribution < 1.29 is 0 Å². The Hall–Kier alpha value is 0.180. The first-order valence-corrected chi connectivity index (χ1v) is 2.98. The van der Waals surface area contributed by atoms with Gasteiger partial charge in [0.2, 0.25) is 0 Å². The van der Waals surface area contributed by atoms with E-state index in [2.05, 4.69) is 4.72 Å². The van der Waals surface area contributed by atoms with Crippen LogP contribution in [0.1, 0.15) is 0 Å². The summed E-state index contributed by atoms with van der Waals surface area (Å²) >= 11 is 7.10. The number of hydrogen-bond donors (Lipinski definition) is 1. The van der Waals surface area contributed by atoms with Gasteiger partial charge in [-0.2, -0.15) is 0 Å². The maximum atomic E-state index is 5.49. The molecule has 0 atom stereocenters. The molecule has 3 heteroatoms. The van der Waals surface area contributed by atoms with Gasteiger partial charge in [-0.25, -0.2) is 0 Å². The Labute approximate surface area is 45.9 Å². The summed E-state index contributed by atoms with van der Waals surface area (Å²) < 4.78 is 2.89. The topological polar surface area (TPSA) is 12.0 Å². The van der Waals surface area contributed by atoms with Crippen molar-refractivity contribution in [2.75, 3.05) is 5.75 Å². The average molecular weight is 122 g/mol. The van der Waals surface area contributed by atoms with Crippen LogP contribution in [-0.4, -0.2) is 5.75 Å². The summed E-state index contributed by atoms with van der Waals surface area (Å²) in [6.45, 7) is 0. The quantitative estimate of drug-likeness (QED) is 0.485. The first kappa shape index (κ1) is 4.34. The third kappa shape index (κ3) is 0.820. The SMILES string of the molecule is ClC1=CNSC1. The molecular formula is C3H4ClNS. The van der Waals surface area contributed by atoms with Crippen LogP contribution in [0.4, 0.5) is 0 Å². The van der Waals surface area contributed by atoms with Gasteiger partial charge in [0.05, 0.1) is 5.75 Å². The average Bonchev–Trinajstić information content (AvgIpc) is 1.86. The van der Waals surface area contributed by atoms with Gasteiger partial charge < -0.3 is 4.72 Å². The molecule has 1 aliphatic heterocycles. The van der Waals surface area contributed by atoms with Gasteiger partial charge >= 0.3 is 0 Å². The van der Waals surface area contributed by atoms with Crippen molar-refractivity contribution in [1.82, 2.24) is 4.72 Å². The summed E-state index contributed by atoms with van der Waals surface area (Å²) in [5.41, 5.74) is 0. The zero-order valence-electron chi connectivity index (χ0n) is 3.07. The second-order valence-electron chi connectivity index (χ2n) is 0.998. The van der Waals surface area contributed by atoms with Gasteiger partial charge in [0.1, 0.15) is 0 Å². The van der Waals surface area contributed by atoms with Gasteiger partial charge in [-0.3, -0.25) is 0 Å². The summed E-state index contributed by atoms with van der Waals surface area (Å²) in [6.07, 6.45) is 1.80. The van der Waals surface area contributed by atoms with Crippen molar-refractivity contribution in [2.45, 2.75) is 0 Å². The second kappa shape index (κ2) is 1.76. The van der Waals surface area contributed by atoms with E-state index in [0.717, 1.165) is 10.8 Å². The molecule has 0 spiro atoms. The largest absolute Gasteiger partial charge is 0.335 e. The molecule has 0 aromatic rings. The van der Waals surface area contributed by atoms with E-state index in [0.29, 0.717) is 0 Å².